The second-order valence-corrected chi connectivity index (χ2v) is 7.35. The van der Waals surface area contributed by atoms with Crippen molar-refractivity contribution in [3.63, 3.8) is 0 Å². The van der Waals surface area contributed by atoms with Gasteiger partial charge in [0.1, 0.15) is 5.75 Å². The number of phenolic OH excluding ortho intramolecular Hbond substituents is 3. The molecular weight excluding hydrogens is 382 g/mol. The summed E-state index contributed by atoms with van der Waals surface area (Å²) in [5.41, 5.74) is 0.939. The molecule has 7 nitrogen and oxygen atoms in total. The predicted molar refractivity (Wildman–Crippen MR) is 98.8 cm³/mol. The summed E-state index contributed by atoms with van der Waals surface area (Å²) in [5.74, 6) is -2.09. The summed E-state index contributed by atoms with van der Waals surface area (Å²) < 4.78 is 58.7. The van der Waals surface area contributed by atoms with E-state index in [1.165, 1.54) is 30.3 Å². The molecular formula is C17H20ClNO6S. The Bertz CT molecular complexity index is 1040. The highest BCUT2D eigenvalue weighted by Crippen LogP contribution is 2.42. The lowest BCUT2D eigenvalue weighted by Crippen LogP contribution is -2.20. The largest absolute Gasteiger partial charge is 0.508 e. The first kappa shape index (κ1) is 15.1. The fraction of sp³-hybridized carbons (Fsp3) is 0.294. The van der Waals surface area contributed by atoms with Gasteiger partial charge in [0.2, 0.25) is 0 Å². The van der Waals surface area contributed by atoms with Gasteiger partial charge >= 0.3 is 0 Å². The van der Waals surface area contributed by atoms with Crippen molar-refractivity contribution in [1.29, 1.82) is 0 Å². The van der Waals surface area contributed by atoms with Crippen molar-refractivity contribution in [2.45, 2.75) is 12.3 Å². The van der Waals surface area contributed by atoms with E-state index in [1.54, 1.807) is 0 Å². The number of rotatable bonds is 1. The molecule has 0 fully saturated rings. The van der Waals surface area contributed by atoms with Crippen LogP contribution >= 0.6 is 11.6 Å². The van der Waals surface area contributed by atoms with E-state index in [9.17, 15) is 23.7 Å². The van der Waals surface area contributed by atoms with Gasteiger partial charge in [-0.25, -0.2) is 0 Å². The lowest BCUT2D eigenvalue weighted by molar-refractivity contribution is 0.402. The second kappa shape index (κ2) is 8.13. The van der Waals surface area contributed by atoms with Crippen LogP contribution < -0.4 is 5.32 Å². The van der Waals surface area contributed by atoms with Gasteiger partial charge in [-0.05, 0) is 47.8 Å². The van der Waals surface area contributed by atoms with Crippen molar-refractivity contribution in [3.05, 3.63) is 52.0 Å². The maximum Gasteiger partial charge on any atom is 0.261 e. The van der Waals surface area contributed by atoms with Crippen molar-refractivity contribution in [1.82, 2.24) is 5.32 Å². The van der Waals surface area contributed by atoms with E-state index in [2.05, 4.69) is 5.32 Å². The van der Waals surface area contributed by atoms with E-state index < -0.39 is 40.5 Å². The van der Waals surface area contributed by atoms with Crippen molar-refractivity contribution in [2.24, 2.45) is 0 Å². The normalized spacial score (nSPS) is 23.0. The zero-order chi connectivity index (χ0) is 23.1. The number of hydrogen-bond donors (Lipinski definition) is 5. The lowest BCUT2D eigenvalue weighted by Gasteiger charge is -2.20. The van der Waals surface area contributed by atoms with E-state index in [0.717, 1.165) is 0 Å². The Morgan fingerprint density at radius 2 is 1.81 bits per heavy atom. The summed E-state index contributed by atoms with van der Waals surface area (Å²) in [6.45, 7) is -4.35. The highest BCUT2D eigenvalue weighted by molar-refractivity contribution is 7.85. The molecule has 26 heavy (non-hydrogen) atoms. The molecule has 0 bridgehead atoms. The maximum atomic E-state index is 9.95. The van der Waals surface area contributed by atoms with Crippen LogP contribution in [-0.4, -0.2) is 47.5 Å². The molecule has 1 aliphatic rings. The number of halogens is 1. The number of fused-ring (bicyclic) bond motifs is 1. The smallest absolute Gasteiger partial charge is 0.261 e. The maximum absolute atomic E-state index is 9.95. The Morgan fingerprint density at radius 1 is 1.23 bits per heavy atom. The van der Waals surface area contributed by atoms with Crippen molar-refractivity contribution < 1.29 is 33.8 Å². The number of phenols is 3. The average Bonchev–Trinajstić information content (AvgIpc) is 2.63. The molecule has 1 atom stereocenters. The molecule has 1 aliphatic heterocycles. The summed E-state index contributed by atoms with van der Waals surface area (Å²) >= 11 is 6.12. The highest BCUT2D eigenvalue weighted by Gasteiger charge is 2.25. The third kappa shape index (κ3) is 5.25. The number of nitrogens with one attached hydrogen (secondary N) is 1. The first-order valence-electron chi connectivity index (χ1n) is 9.26. The molecule has 142 valence electrons. The van der Waals surface area contributed by atoms with Gasteiger partial charge in [-0.2, -0.15) is 8.42 Å². The summed E-state index contributed by atoms with van der Waals surface area (Å²) in [4.78, 5) is 0. The lowest BCUT2D eigenvalue weighted by atomic mass is 9.87. The summed E-state index contributed by atoms with van der Waals surface area (Å²) in [5, 5.41) is 31.5. The minimum Gasteiger partial charge on any atom is -0.508 e. The molecule has 0 radical (unpaired) electrons. The Labute approximate surface area is 162 Å². The Hall–Kier alpha value is -2.00. The van der Waals surface area contributed by atoms with Crippen LogP contribution in [0.1, 0.15) is 28.1 Å². The Morgan fingerprint density at radius 3 is 2.38 bits per heavy atom. The monoisotopic (exact) mass is 405 g/mol. The zero-order valence-electron chi connectivity index (χ0n) is 17.6. The van der Waals surface area contributed by atoms with E-state index in [-0.39, 0.29) is 28.3 Å². The van der Waals surface area contributed by atoms with Gasteiger partial charge in [-0.3, -0.25) is 4.55 Å². The fourth-order valence-corrected chi connectivity index (χ4v) is 2.66. The van der Waals surface area contributed by atoms with E-state index >= 15 is 0 Å². The number of aromatic hydroxyl groups is 3. The SMILES string of the molecule is CS(=O)(=O)O.[2H]C1([2H])Cc2c(cc(O)c(O)c2Cl)C(c2ccc(O)cc2)C([2H])([2H])N1. The van der Waals surface area contributed by atoms with Gasteiger partial charge in [-0.15, -0.1) is 0 Å². The van der Waals surface area contributed by atoms with Gasteiger partial charge in [0.15, 0.2) is 11.5 Å². The third-order valence-electron chi connectivity index (χ3n) is 3.46. The Balaban J connectivity index is 0.000000575. The molecule has 0 amide bonds. The molecule has 0 saturated carbocycles. The standard InChI is InChI=1S/C16H16ClNO3.CH4O3S/c17-15-11-5-6-18-8-13(9-1-3-10(19)4-2-9)12(11)7-14(20)16(15)21;1-5(2,3)4/h1-4,7,13,18-21H,5-6,8H2;1H3,(H,2,3,4)/i6D2,8D2;. The minimum atomic E-state index is -3.67. The molecule has 1 unspecified atom stereocenters. The second-order valence-electron chi connectivity index (χ2n) is 5.51. The molecule has 3 rings (SSSR count). The van der Waals surface area contributed by atoms with Crippen LogP contribution in [0.2, 0.25) is 5.02 Å². The fourth-order valence-electron chi connectivity index (χ4n) is 2.39. The molecule has 1 heterocycles. The Kier molecular flexibility index (Phi) is 4.72. The van der Waals surface area contributed by atoms with E-state index in [1.807, 2.05) is 0 Å². The first-order chi connectivity index (χ1) is 13.5. The van der Waals surface area contributed by atoms with E-state index in [4.69, 9.17) is 21.6 Å². The van der Waals surface area contributed by atoms with Gasteiger partial charge in [0.25, 0.3) is 10.1 Å². The van der Waals surface area contributed by atoms with E-state index in [0.29, 0.717) is 11.8 Å². The molecule has 0 aromatic heterocycles. The van der Waals surface area contributed by atoms with Gasteiger partial charge in [-0.1, -0.05) is 23.7 Å². The topological polar surface area (TPSA) is 127 Å². The molecule has 9 heteroatoms. The predicted octanol–water partition coefficient (Wildman–Crippen LogP) is 2.24. The van der Waals surface area contributed by atoms with Crippen molar-refractivity contribution >= 4 is 21.7 Å². The van der Waals surface area contributed by atoms with Crippen molar-refractivity contribution in [2.75, 3.05) is 19.2 Å². The third-order valence-corrected chi connectivity index (χ3v) is 3.87. The zero-order valence-corrected chi connectivity index (χ0v) is 15.1. The minimum absolute atomic E-state index is 0.00744. The summed E-state index contributed by atoms with van der Waals surface area (Å²) in [6.07, 6.45) is 0.427. The summed E-state index contributed by atoms with van der Waals surface area (Å²) in [6, 6.07) is 7.03. The highest BCUT2D eigenvalue weighted by atomic mass is 35.5. The van der Waals surface area contributed by atoms with Crippen molar-refractivity contribution in [3.8, 4) is 17.2 Å². The van der Waals surface area contributed by atoms with Crippen LogP contribution in [0.5, 0.6) is 17.2 Å². The van der Waals surface area contributed by atoms with Crippen LogP contribution in [0.4, 0.5) is 0 Å². The first-order valence-corrected chi connectivity index (χ1v) is 9.48. The van der Waals surface area contributed by atoms with Crippen LogP contribution in [0.15, 0.2) is 30.3 Å². The molecule has 5 N–H and O–H groups in total. The molecule has 2 aromatic rings. The van der Waals surface area contributed by atoms with Gasteiger partial charge < -0.3 is 20.6 Å². The van der Waals surface area contributed by atoms with Gasteiger partial charge in [0.05, 0.1) is 11.3 Å². The van der Waals surface area contributed by atoms with Gasteiger partial charge in [0, 0.05) is 17.9 Å². The molecule has 0 saturated heterocycles. The average molecular weight is 406 g/mol. The summed E-state index contributed by atoms with van der Waals surface area (Å²) in [7, 11) is -3.67. The number of hydrogen-bond acceptors (Lipinski definition) is 6. The quantitative estimate of drug-likeness (QED) is 0.363. The van der Waals surface area contributed by atoms with Crippen LogP contribution in [0.3, 0.4) is 0 Å². The van der Waals surface area contributed by atoms with Crippen LogP contribution in [0.25, 0.3) is 0 Å². The van der Waals surface area contributed by atoms with Crippen LogP contribution in [0, 0.1) is 0 Å². The molecule has 0 spiro atoms. The van der Waals surface area contributed by atoms with Crippen LogP contribution in [-0.2, 0) is 16.5 Å². The molecule has 2 aromatic carbocycles. The molecule has 0 aliphatic carbocycles. The number of benzene rings is 2.